The van der Waals surface area contributed by atoms with Crippen LogP contribution in [0.2, 0.25) is 10.1 Å². The van der Waals surface area contributed by atoms with Crippen LogP contribution in [0.1, 0.15) is 41.5 Å². The highest BCUT2D eigenvalue weighted by atomic mass is 28.4. The highest BCUT2D eigenvalue weighted by molar-refractivity contribution is 7.00. The molecule has 3 atom stereocenters. The van der Waals surface area contributed by atoms with E-state index in [1.807, 2.05) is 97.1 Å². The van der Waals surface area contributed by atoms with Crippen LogP contribution >= 0.6 is 0 Å². The van der Waals surface area contributed by atoms with Gasteiger partial charge in [-0.1, -0.05) is 163 Å². The summed E-state index contributed by atoms with van der Waals surface area (Å²) < 4.78 is 29.7. The molecule has 0 aromatic heterocycles. The van der Waals surface area contributed by atoms with Gasteiger partial charge in [0, 0.05) is 0 Å². The Balaban J connectivity index is 1.82. The van der Waals surface area contributed by atoms with Crippen LogP contribution < -0.4 is 20.7 Å². The molecule has 4 aromatic rings. The monoisotopic (exact) mass is 628 g/mol. The van der Waals surface area contributed by atoms with Gasteiger partial charge in [-0.05, 0) is 30.8 Å². The van der Waals surface area contributed by atoms with Gasteiger partial charge in [-0.25, -0.2) is 4.39 Å². The lowest BCUT2D eigenvalue weighted by atomic mass is 10.1. The van der Waals surface area contributed by atoms with Gasteiger partial charge < -0.3 is 18.8 Å². The number of carbonyl (C=O) groups excluding carboxylic acids is 1. The Bertz CT molecular complexity index is 1380. The van der Waals surface area contributed by atoms with Gasteiger partial charge in [0.25, 0.3) is 16.6 Å². The summed E-state index contributed by atoms with van der Waals surface area (Å²) >= 11 is 0. The fourth-order valence-corrected chi connectivity index (χ4v) is 15.7. The lowest BCUT2D eigenvalue weighted by Gasteiger charge is -2.47. The van der Waals surface area contributed by atoms with E-state index in [9.17, 15) is 9.90 Å². The van der Waals surface area contributed by atoms with Crippen LogP contribution in [0.4, 0.5) is 4.39 Å². The zero-order valence-corrected chi connectivity index (χ0v) is 28.6. The Morgan fingerprint density at radius 2 is 0.955 bits per heavy atom. The van der Waals surface area contributed by atoms with E-state index in [0.717, 1.165) is 20.7 Å². The van der Waals surface area contributed by atoms with E-state index in [1.165, 1.54) is 0 Å². The number of aliphatic hydroxyl groups is 1. The summed E-state index contributed by atoms with van der Waals surface area (Å²) in [7, 11) is -6.34. The van der Waals surface area contributed by atoms with E-state index in [-0.39, 0.29) is 17.9 Å². The van der Waals surface area contributed by atoms with Gasteiger partial charge in [-0.2, -0.15) is 0 Å². The molecule has 0 heterocycles. The first-order chi connectivity index (χ1) is 20.9. The quantitative estimate of drug-likeness (QED) is 0.169. The molecule has 4 aromatic carbocycles. The summed E-state index contributed by atoms with van der Waals surface area (Å²) in [4.78, 5) is 12.1. The Kier molecular flexibility index (Phi) is 10.6. The Morgan fingerprint density at radius 3 is 1.25 bits per heavy atom. The smallest absolute Gasteiger partial charge is 0.261 e. The van der Waals surface area contributed by atoms with E-state index < -0.39 is 40.1 Å². The molecule has 44 heavy (non-hydrogen) atoms. The predicted octanol–water partition coefficient (Wildman–Crippen LogP) is 5.41. The maximum Gasteiger partial charge on any atom is 0.261 e. The van der Waals surface area contributed by atoms with Gasteiger partial charge in [-0.3, -0.25) is 0 Å². The number of aldehydes is 1. The van der Waals surface area contributed by atoms with Crippen LogP contribution in [0, 0.1) is 0 Å². The van der Waals surface area contributed by atoms with Crippen molar-refractivity contribution in [2.45, 2.75) is 70.0 Å². The molecule has 1 N–H and O–H groups in total. The van der Waals surface area contributed by atoms with Crippen molar-refractivity contribution in [3.8, 4) is 0 Å². The first kappa shape index (κ1) is 33.7. The average molecular weight is 629 g/mol. The summed E-state index contributed by atoms with van der Waals surface area (Å²) in [6, 6.07) is 39.8. The van der Waals surface area contributed by atoms with Gasteiger partial charge in [0.1, 0.15) is 12.2 Å². The third-order valence-corrected chi connectivity index (χ3v) is 18.5. The summed E-state index contributed by atoms with van der Waals surface area (Å²) in [6.07, 6.45) is -4.70. The van der Waals surface area contributed by atoms with Crippen LogP contribution in [-0.4, -0.2) is 53.0 Å². The Labute approximate surface area is 264 Å². The zero-order valence-electron chi connectivity index (χ0n) is 26.6. The molecule has 0 bridgehead atoms. The fourth-order valence-electron chi connectivity index (χ4n) is 6.40. The van der Waals surface area contributed by atoms with Gasteiger partial charge in [0.2, 0.25) is 0 Å². The number of hydrogen-bond acceptors (Lipinski definition) is 4. The Hall–Kier alpha value is -3.21. The number of halogens is 1. The van der Waals surface area contributed by atoms with Crippen molar-refractivity contribution in [2.75, 3.05) is 6.61 Å². The van der Waals surface area contributed by atoms with Crippen LogP contribution in [0.25, 0.3) is 0 Å². The standard InChI is InChI=1S/C37H45FO4Si2/c1-36(2,3)43(29-19-11-7-12-20-29,30-21-13-8-14-22-30)41-28-34(40)35(33(38)27-39)42-44(37(4,5)6,31-23-15-9-16-24-31)32-25-17-10-18-26-32/h7-27,33-35,40H,28H2,1-6H3/t33-,34+,35-/m0/s1. The van der Waals surface area contributed by atoms with Crippen LogP contribution in [0.3, 0.4) is 0 Å². The molecular formula is C37H45FO4Si2. The maximum atomic E-state index is 15.8. The Morgan fingerprint density at radius 1 is 0.636 bits per heavy atom. The third kappa shape index (κ3) is 6.58. The molecule has 0 saturated heterocycles. The number of carbonyl (C=O) groups is 1. The minimum Gasteiger partial charge on any atom is -0.405 e. The normalized spacial score (nSPS) is 14.9. The molecule has 4 rings (SSSR count). The minimum atomic E-state index is -3.30. The van der Waals surface area contributed by atoms with E-state index in [0.29, 0.717) is 0 Å². The molecule has 7 heteroatoms. The topological polar surface area (TPSA) is 55.8 Å². The molecule has 232 valence electrons. The van der Waals surface area contributed by atoms with Gasteiger partial charge >= 0.3 is 0 Å². The first-order valence-electron chi connectivity index (χ1n) is 15.2. The molecule has 0 spiro atoms. The van der Waals surface area contributed by atoms with Crippen molar-refractivity contribution in [1.82, 2.24) is 0 Å². The van der Waals surface area contributed by atoms with E-state index in [4.69, 9.17) is 8.85 Å². The van der Waals surface area contributed by atoms with Gasteiger partial charge in [-0.15, -0.1) is 0 Å². The molecule has 0 saturated carbocycles. The minimum absolute atomic E-state index is 0.204. The fraction of sp³-hybridized carbons (Fsp3) is 0.324. The van der Waals surface area contributed by atoms with Gasteiger partial charge in [0.05, 0.1) is 6.61 Å². The highest BCUT2D eigenvalue weighted by Gasteiger charge is 2.54. The number of hydrogen-bond donors (Lipinski definition) is 1. The molecule has 0 amide bonds. The van der Waals surface area contributed by atoms with E-state index in [1.54, 1.807) is 0 Å². The van der Waals surface area contributed by atoms with Crippen molar-refractivity contribution in [3.05, 3.63) is 121 Å². The first-order valence-corrected chi connectivity index (χ1v) is 19.0. The predicted molar refractivity (Wildman–Crippen MR) is 183 cm³/mol. The average Bonchev–Trinajstić information content (AvgIpc) is 3.02. The third-order valence-electron chi connectivity index (χ3n) is 8.44. The maximum absolute atomic E-state index is 15.8. The second-order valence-corrected chi connectivity index (χ2v) is 21.9. The molecule has 0 radical (unpaired) electrons. The summed E-state index contributed by atoms with van der Waals surface area (Å²) in [6.45, 7) is 12.5. The number of aliphatic hydroxyl groups excluding tert-OH is 1. The second kappa shape index (κ2) is 13.8. The van der Waals surface area contributed by atoms with Crippen molar-refractivity contribution in [1.29, 1.82) is 0 Å². The molecule has 0 aliphatic carbocycles. The zero-order chi connectivity index (χ0) is 32.0. The van der Waals surface area contributed by atoms with E-state index in [2.05, 4.69) is 65.8 Å². The van der Waals surface area contributed by atoms with Crippen molar-refractivity contribution in [2.24, 2.45) is 0 Å². The number of benzene rings is 4. The number of alkyl halides is 1. The largest absolute Gasteiger partial charge is 0.405 e. The lowest BCUT2D eigenvalue weighted by molar-refractivity contribution is -0.119. The van der Waals surface area contributed by atoms with Crippen molar-refractivity contribution >= 4 is 43.7 Å². The summed E-state index contributed by atoms with van der Waals surface area (Å²) in [5.74, 6) is 0. The van der Waals surface area contributed by atoms with Crippen molar-refractivity contribution in [3.63, 3.8) is 0 Å². The van der Waals surface area contributed by atoms with Crippen molar-refractivity contribution < 1.29 is 23.1 Å². The molecule has 4 nitrogen and oxygen atoms in total. The highest BCUT2D eigenvalue weighted by Crippen LogP contribution is 2.39. The van der Waals surface area contributed by atoms with E-state index >= 15 is 4.39 Å². The lowest BCUT2D eigenvalue weighted by Crippen LogP contribution is -2.70. The molecular weight excluding hydrogens is 584 g/mol. The molecule has 0 aliphatic rings. The van der Waals surface area contributed by atoms with Crippen LogP contribution in [0.5, 0.6) is 0 Å². The molecule has 0 unspecified atom stereocenters. The summed E-state index contributed by atoms with van der Waals surface area (Å²) in [5, 5.41) is 15.0. The van der Waals surface area contributed by atoms with Gasteiger partial charge in [0.15, 0.2) is 12.5 Å². The molecule has 0 fully saturated rings. The summed E-state index contributed by atoms with van der Waals surface area (Å²) in [5.41, 5.74) is 0. The van der Waals surface area contributed by atoms with Crippen LogP contribution in [0.15, 0.2) is 121 Å². The van der Waals surface area contributed by atoms with Crippen LogP contribution in [-0.2, 0) is 13.6 Å². The second-order valence-electron chi connectivity index (χ2n) is 13.4. The molecule has 0 aliphatic heterocycles. The SMILES string of the molecule is CC(C)(C)[Si](OC[C@@H](O)[C@@H](O[Si](c1ccccc1)(c1ccccc1)C(C)(C)C)[C@@H](F)C=O)(c1ccccc1)c1ccccc1. The number of rotatable bonds is 12.